The summed E-state index contributed by atoms with van der Waals surface area (Å²) in [5, 5.41) is 3.39. The SMILES string of the molecule is CS(=O)(=O)c1cccc(C(=O)Nc2nc3c(s2)CC(c2ccccc2)CC3)c1. The zero-order valence-electron chi connectivity index (χ0n) is 15.4. The zero-order valence-corrected chi connectivity index (χ0v) is 17.0. The third-order valence-corrected chi connectivity index (χ3v) is 7.10. The van der Waals surface area contributed by atoms with E-state index in [0.717, 1.165) is 31.2 Å². The van der Waals surface area contributed by atoms with E-state index in [9.17, 15) is 13.2 Å². The van der Waals surface area contributed by atoms with Crippen LogP contribution in [0.2, 0.25) is 0 Å². The van der Waals surface area contributed by atoms with Gasteiger partial charge in [0.1, 0.15) is 0 Å². The maximum absolute atomic E-state index is 12.6. The van der Waals surface area contributed by atoms with Gasteiger partial charge in [0.15, 0.2) is 15.0 Å². The van der Waals surface area contributed by atoms with E-state index in [1.165, 1.54) is 33.9 Å². The number of sulfone groups is 1. The van der Waals surface area contributed by atoms with Crippen LogP contribution < -0.4 is 5.32 Å². The lowest BCUT2D eigenvalue weighted by Crippen LogP contribution is -2.13. The van der Waals surface area contributed by atoms with Gasteiger partial charge in [-0.15, -0.1) is 11.3 Å². The van der Waals surface area contributed by atoms with Gasteiger partial charge in [-0.2, -0.15) is 0 Å². The molecule has 1 atom stereocenters. The topological polar surface area (TPSA) is 76.1 Å². The van der Waals surface area contributed by atoms with E-state index in [1.54, 1.807) is 12.1 Å². The molecule has 1 unspecified atom stereocenters. The first-order chi connectivity index (χ1) is 13.4. The molecule has 0 saturated carbocycles. The average Bonchev–Trinajstić information content (AvgIpc) is 3.09. The largest absolute Gasteiger partial charge is 0.298 e. The molecule has 1 N–H and O–H groups in total. The van der Waals surface area contributed by atoms with E-state index in [0.29, 0.717) is 16.6 Å². The van der Waals surface area contributed by atoms with Gasteiger partial charge < -0.3 is 0 Å². The van der Waals surface area contributed by atoms with E-state index >= 15 is 0 Å². The average molecular weight is 413 g/mol. The third-order valence-electron chi connectivity index (χ3n) is 4.96. The normalized spacial score (nSPS) is 16.4. The Bertz CT molecular complexity index is 1120. The van der Waals surface area contributed by atoms with Crippen molar-refractivity contribution in [3.8, 4) is 0 Å². The van der Waals surface area contributed by atoms with E-state index in [2.05, 4.69) is 34.6 Å². The molecule has 1 aliphatic rings. The summed E-state index contributed by atoms with van der Waals surface area (Å²) in [6, 6.07) is 16.5. The van der Waals surface area contributed by atoms with E-state index in [1.807, 2.05) is 6.07 Å². The number of thiazole rings is 1. The molecular formula is C21H20N2O3S2. The molecule has 0 aliphatic heterocycles. The van der Waals surface area contributed by atoms with Crippen molar-refractivity contribution in [3.63, 3.8) is 0 Å². The second-order valence-corrected chi connectivity index (χ2v) is 10.1. The van der Waals surface area contributed by atoms with Gasteiger partial charge in [-0.1, -0.05) is 36.4 Å². The minimum atomic E-state index is -3.36. The number of rotatable bonds is 4. The Morgan fingerprint density at radius 1 is 1.14 bits per heavy atom. The molecule has 144 valence electrons. The van der Waals surface area contributed by atoms with Gasteiger partial charge in [0, 0.05) is 16.7 Å². The first-order valence-corrected chi connectivity index (χ1v) is 11.8. The van der Waals surface area contributed by atoms with Gasteiger partial charge >= 0.3 is 0 Å². The summed E-state index contributed by atoms with van der Waals surface area (Å²) in [5.74, 6) is 0.125. The summed E-state index contributed by atoms with van der Waals surface area (Å²) >= 11 is 1.51. The van der Waals surface area contributed by atoms with Crippen LogP contribution in [0.25, 0.3) is 0 Å². The van der Waals surface area contributed by atoms with Gasteiger partial charge in [0.05, 0.1) is 10.6 Å². The van der Waals surface area contributed by atoms with Crippen LogP contribution in [-0.2, 0) is 22.7 Å². The molecule has 5 nitrogen and oxygen atoms in total. The van der Waals surface area contributed by atoms with Crippen molar-refractivity contribution in [1.29, 1.82) is 0 Å². The fraction of sp³-hybridized carbons (Fsp3) is 0.238. The van der Waals surface area contributed by atoms with Crippen LogP contribution in [0.1, 0.15) is 38.8 Å². The Labute approximate surface area is 168 Å². The first-order valence-electron chi connectivity index (χ1n) is 9.05. The molecule has 0 bridgehead atoms. The molecule has 1 heterocycles. The quantitative estimate of drug-likeness (QED) is 0.701. The first kappa shape index (κ1) is 18.8. The van der Waals surface area contributed by atoms with Crippen LogP contribution in [-0.4, -0.2) is 25.6 Å². The summed E-state index contributed by atoms with van der Waals surface area (Å²) in [6.07, 6.45) is 3.99. The number of carbonyl (C=O) groups excluding carboxylic acids is 1. The number of hydrogen-bond donors (Lipinski definition) is 1. The van der Waals surface area contributed by atoms with Crippen LogP contribution in [0.5, 0.6) is 0 Å². The Balaban J connectivity index is 1.50. The molecule has 1 aliphatic carbocycles. The Kier molecular flexibility index (Phi) is 5.03. The van der Waals surface area contributed by atoms with Crippen molar-refractivity contribution in [3.05, 3.63) is 76.3 Å². The lowest BCUT2D eigenvalue weighted by molar-refractivity contribution is 0.102. The Hall–Kier alpha value is -2.51. The van der Waals surface area contributed by atoms with Gasteiger partial charge in [-0.05, 0) is 48.9 Å². The molecule has 4 rings (SSSR count). The predicted octanol–water partition coefficient (Wildman–Crippen LogP) is 4.07. The van der Waals surface area contributed by atoms with Crippen molar-refractivity contribution < 1.29 is 13.2 Å². The number of carbonyl (C=O) groups is 1. The number of aryl methyl sites for hydroxylation is 1. The van der Waals surface area contributed by atoms with Crippen molar-refractivity contribution in [2.45, 2.75) is 30.1 Å². The van der Waals surface area contributed by atoms with Crippen LogP contribution in [0, 0.1) is 0 Å². The standard InChI is InChI=1S/C21H20N2O3S2/c1-28(25,26)17-9-5-8-16(12-17)20(24)23-21-22-18-11-10-15(13-19(18)27-21)14-6-3-2-4-7-14/h2-9,12,15H,10-11,13H2,1H3,(H,22,23,24). The van der Waals surface area contributed by atoms with Crippen molar-refractivity contribution in [2.75, 3.05) is 11.6 Å². The molecule has 2 aromatic carbocycles. The van der Waals surface area contributed by atoms with Crippen molar-refractivity contribution in [2.24, 2.45) is 0 Å². The molecule has 1 aromatic heterocycles. The maximum Gasteiger partial charge on any atom is 0.257 e. The number of nitrogens with zero attached hydrogens (tertiary/aromatic N) is 1. The zero-order chi connectivity index (χ0) is 19.7. The molecule has 0 fully saturated rings. The third kappa shape index (κ3) is 4.00. The molecule has 3 aromatic rings. The molecular weight excluding hydrogens is 392 g/mol. The van der Waals surface area contributed by atoms with Crippen molar-refractivity contribution in [1.82, 2.24) is 4.98 Å². The lowest BCUT2D eigenvalue weighted by atomic mass is 9.85. The highest BCUT2D eigenvalue weighted by Crippen LogP contribution is 2.37. The highest BCUT2D eigenvalue weighted by atomic mass is 32.2. The van der Waals surface area contributed by atoms with Crippen LogP contribution in [0.3, 0.4) is 0 Å². The summed E-state index contributed by atoms with van der Waals surface area (Å²) in [5.41, 5.74) is 2.69. The number of hydrogen-bond acceptors (Lipinski definition) is 5. The highest BCUT2D eigenvalue weighted by molar-refractivity contribution is 7.90. The number of aromatic nitrogens is 1. The molecule has 7 heteroatoms. The minimum absolute atomic E-state index is 0.129. The van der Waals surface area contributed by atoms with E-state index < -0.39 is 9.84 Å². The summed E-state index contributed by atoms with van der Waals surface area (Å²) in [4.78, 5) is 18.5. The molecule has 28 heavy (non-hydrogen) atoms. The molecule has 0 spiro atoms. The van der Waals surface area contributed by atoms with Gasteiger partial charge in [0.25, 0.3) is 5.91 Å². The fourth-order valence-electron chi connectivity index (χ4n) is 3.48. The summed E-state index contributed by atoms with van der Waals surface area (Å²) in [7, 11) is -3.36. The number of fused-ring (bicyclic) bond motifs is 1. The van der Waals surface area contributed by atoms with Crippen molar-refractivity contribution >= 4 is 32.2 Å². The second kappa shape index (κ2) is 7.48. The predicted molar refractivity (Wildman–Crippen MR) is 111 cm³/mol. The van der Waals surface area contributed by atoms with Gasteiger partial charge in [-0.25, -0.2) is 13.4 Å². The van der Waals surface area contributed by atoms with Crippen LogP contribution >= 0.6 is 11.3 Å². The number of anilines is 1. The molecule has 0 radical (unpaired) electrons. The van der Waals surface area contributed by atoms with E-state index in [-0.39, 0.29) is 10.8 Å². The Morgan fingerprint density at radius 2 is 1.93 bits per heavy atom. The second-order valence-electron chi connectivity index (χ2n) is 6.99. The molecule has 1 amide bonds. The lowest BCUT2D eigenvalue weighted by Gasteiger charge is -2.21. The summed E-state index contributed by atoms with van der Waals surface area (Å²) < 4.78 is 23.4. The highest BCUT2D eigenvalue weighted by Gasteiger charge is 2.24. The fourth-order valence-corrected chi connectivity index (χ4v) is 5.23. The monoisotopic (exact) mass is 412 g/mol. The van der Waals surface area contributed by atoms with Gasteiger partial charge in [-0.3, -0.25) is 10.1 Å². The van der Waals surface area contributed by atoms with E-state index in [4.69, 9.17) is 0 Å². The Morgan fingerprint density at radius 3 is 2.68 bits per heavy atom. The van der Waals surface area contributed by atoms with Gasteiger partial charge in [0.2, 0.25) is 0 Å². The summed E-state index contributed by atoms with van der Waals surface area (Å²) in [6.45, 7) is 0. The van der Waals surface area contributed by atoms with Crippen LogP contribution in [0.4, 0.5) is 5.13 Å². The minimum Gasteiger partial charge on any atom is -0.298 e. The number of nitrogens with one attached hydrogen (secondary N) is 1. The number of benzene rings is 2. The maximum atomic E-state index is 12.6. The smallest absolute Gasteiger partial charge is 0.257 e. The van der Waals surface area contributed by atoms with Crippen LogP contribution in [0.15, 0.2) is 59.5 Å². The number of amides is 1. The molecule has 0 saturated heterocycles.